The first-order chi connectivity index (χ1) is 9.31. The third kappa shape index (κ3) is 4.30. The smallest absolute Gasteiger partial charge is 0.241 e. The second-order valence-electron chi connectivity index (χ2n) is 5.36. The van der Waals surface area contributed by atoms with E-state index in [-0.39, 0.29) is 17.5 Å². The normalized spacial score (nSPS) is 13.4. The summed E-state index contributed by atoms with van der Waals surface area (Å²) in [6, 6.07) is 3.28. The third-order valence-corrected chi connectivity index (χ3v) is 5.21. The van der Waals surface area contributed by atoms with E-state index in [0.29, 0.717) is 5.56 Å². The monoisotopic (exact) mass is 299 g/mol. The maximum absolute atomic E-state index is 12.5. The van der Waals surface area contributed by atoms with Gasteiger partial charge in [-0.1, -0.05) is 25.8 Å². The van der Waals surface area contributed by atoms with Gasteiger partial charge < -0.3 is 5.11 Å². The minimum atomic E-state index is -3.54. The molecule has 0 radical (unpaired) electrons. The maximum atomic E-state index is 12.5. The van der Waals surface area contributed by atoms with E-state index < -0.39 is 10.0 Å². The predicted octanol–water partition coefficient (Wildman–Crippen LogP) is 2.65. The van der Waals surface area contributed by atoms with Crippen molar-refractivity contribution in [1.82, 2.24) is 4.72 Å². The Morgan fingerprint density at radius 2 is 1.95 bits per heavy atom. The Balaban J connectivity index is 3.06. The molecule has 0 heterocycles. The molecule has 0 spiro atoms. The average Bonchev–Trinajstić information content (AvgIpc) is 2.38. The molecule has 0 fully saturated rings. The minimum Gasteiger partial charge on any atom is -0.392 e. The lowest BCUT2D eigenvalue weighted by atomic mass is 10.1. The van der Waals surface area contributed by atoms with Crippen LogP contribution in [0.4, 0.5) is 0 Å². The number of hydrogen-bond donors (Lipinski definition) is 2. The van der Waals surface area contributed by atoms with Crippen LogP contribution in [0.1, 0.15) is 49.8 Å². The van der Waals surface area contributed by atoms with Gasteiger partial charge in [0.05, 0.1) is 11.5 Å². The van der Waals surface area contributed by atoms with Crippen molar-refractivity contribution in [2.75, 3.05) is 0 Å². The summed E-state index contributed by atoms with van der Waals surface area (Å²) in [5, 5.41) is 9.23. The Labute approximate surface area is 122 Å². The predicted molar refractivity (Wildman–Crippen MR) is 81.1 cm³/mol. The van der Waals surface area contributed by atoms with Crippen LogP contribution in [-0.4, -0.2) is 19.6 Å². The molecule has 1 unspecified atom stereocenters. The molecule has 0 amide bonds. The van der Waals surface area contributed by atoms with E-state index in [2.05, 4.69) is 11.6 Å². The third-order valence-electron chi connectivity index (χ3n) is 3.50. The van der Waals surface area contributed by atoms with Crippen LogP contribution in [-0.2, 0) is 16.6 Å². The van der Waals surface area contributed by atoms with Gasteiger partial charge >= 0.3 is 0 Å². The lowest BCUT2D eigenvalue weighted by Crippen LogP contribution is -2.33. The van der Waals surface area contributed by atoms with Gasteiger partial charge in [-0.3, -0.25) is 0 Å². The van der Waals surface area contributed by atoms with Crippen LogP contribution >= 0.6 is 0 Å². The Hall–Kier alpha value is -0.910. The van der Waals surface area contributed by atoms with E-state index in [9.17, 15) is 13.5 Å². The van der Waals surface area contributed by atoms with Crippen LogP contribution in [0.25, 0.3) is 0 Å². The minimum absolute atomic E-state index is 0.0857. The zero-order chi connectivity index (χ0) is 15.3. The van der Waals surface area contributed by atoms with E-state index in [1.54, 1.807) is 13.0 Å². The number of rotatable bonds is 7. The zero-order valence-corrected chi connectivity index (χ0v) is 13.5. The summed E-state index contributed by atoms with van der Waals surface area (Å²) in [5.41, 5.74) is 2.23. The number of aliphatic hydroxyl groups excluding tert-OH is 1. The standard InChI is InChI=1S/C15H25NO3S/c1-5-6-7-12(3)16-20(18,19)15-9-14(10-17)8-11(2)13(15)4/h8-9,12,16-17H,5-7,10H2,1-4H3. The van der Waals surface area contributed by atoms with Crippen molar-refractivity contribution >= 4 is 10.0 Å². The van der Waals surface area contributed by atoms with Crippen LogP contribution in [0.2, 0.25) is 0 Å². The van der Waals surface area contributed by atoms with Gasteiger partial charge in [-0.2, -0.15) is 0 Å². The first kappa shape index (κ1) is 17.1. The number of aliphatic hydroxyl groups is 1. The van der Waals surface area contributed by atoms with Crippen molar-refractivity contribution in [1.29, 1.82) is 0 Å². The van der Waals surface area contributed by atoms with E-state index >= 15 is 0 Å². The molecule has 1 atom stereocenters. The fraction of sp³-hybridized carbons (Fsp3) is 0.600. The molecule has 0 aliphatic heterocycles. The Morgan fingerprint density at radius 1 is 1.30 bits per heavy atom. The molecule has 0 saturated carbocycles. The number of aryl methyl sites for hydroxylation is 1. The fourth-order valence-electron chi connectivity index (χ4n) is 2.17. The van der Waals surface area contributed by atoms with Crippen molar-refractivity contribution < 1.29 is 13.5 Å². The van der Waals surface area contributed by atoms with Gasteiger partial charge in [-0.05, 0) is 49.9 Å². The SMILES string of the molecule is CCCCC(C)NS(=O)(=O)c1cc(CO)cc(C)c1C. The summed E-state index contributed by atoms with van der Waals surface area (Å²) in [7, 11) is -3.54. The molecule has 20 heavy (non-hydrogen) atoms. The van der Waals surface area contributed by atoms with E-state index in [4.69, 9.17) is 0 Å². The summed E-state index contributed by atoms with van der Waals surface area (Å²) >= 11 is 0. The Kier molecular flexibility index (Phi) is 6.17. The van der Waals surface area contributed by atoms with Crippen LogP contribution in [0.15, 0.2) is 17.0 Å². The summed E-state index contributed by atoms with van der Waals surface area (Å²) < 4.78 is 27.6. The number of nitrogens with one attached hydrogen (secondary N) is 1. The zero-order valence-electron chi connectivity index (χ0n) is 12.7. The lowest BCUT2D eigenvalue weighted by Gasteiger charge is -2.17. The molecule has 1 aromatic carbocycles. The molecule has 1 rings (SSSR count). The van der Waals surface area contributed by atoms with Gasteiger partial charge in [-0.15, -0.1) is 0 Å². The van der Waals surface area contributed by atoms with Crippen molar-refractivity contribution in [2.45, 2.75) is 64.5 Å². The molecule has 0 aliphatic carbocycles. The van der Waals surface area contributed by atoms with E-state index in [0.717, 1.165) is 30.4 Å². The van der Waals surface area contributed by atoms with Crippen molar-refractivity contribution in [2.24, 2.45) is 0 Å². The molecule has 2 N–H and O–H groups in total. The van der Waals surface area contributed by atoms with Gasteiger partial charge in [0, 0.05) is 6.04 Å². The number of unbranched alkanes of at least 4 members (excludes halogenated alkanes) is 1. The van der Waals surface area contributed by atoms with Gasteiger partial charge in [-0.25, -0.2) is 13.1 Å². The summed E-state index contributed by atoms with van der Waals surface area (Å²) in [6.07, 6.45) is 2.87. The molecular formula is C15H25NO3S. The second kappa shape index (κ2) is 7.20. The Morgan fingerprint density at radius 3 is 2.50 bits per heavy atom. The van der Waals surface area contributed by atoms with Crippen LogP contribution in [0.5, 0.6) is 0 Å². The number of benzene rings is 1. The maximum Gasteiger partial charge on any atom is 0.241 e. The second-order valence-corrected chi connectivity index (χ2v) is 7.04. The van der Waals surface area contributed by atoms with E-state index in [1.165, 1.54) is 0 Å². The summed E-state index contributed by atoms with van der Waals surface area (Å²) in [5.74, 6) is 0. The summed E-state index contributed by atoms with van der Waals surface area (Å²) in [6.45, 7) is 7.45. The van der Waals surface area contributed by atoms with Crippen LogP contribution in [0.3, 0.4) is 0 Å². The number of hydrogen-bond acceptors (Lipinski definition) is 3. The van der Waals surface area contributed by atoms with Crippen molar-refractivity contribution in [3.8, 4) is 0 Å². The first-order valence-electron chi connectivity index (χ1n) is 7.05. The molecule has 114 valence electrons. The van der Waals surface area contributed by atoms with Crippen LogP contribution in [0, 0.1) is 13.8 Å². The molecule has 0 aliphatic rings. The van der Waals surface area contributed by atoms with Crippen molar-refractivity contribution in [3.63, 3.8) is 0 Å². The van der Waals surface area contributed by atoms with Crippen LogP contribution < -0.4 is 4.72 Å². The molecule has 0 saturated heterocycles. The highest BCUT2D eigenvalue weighted by atomic mass is 32.2. The highest BCUT2D eigenvalue weighted by Gasteiger charge is 2.20. The van der Waals surface area contributed by atoms with Gasteiger partial charge in [0.25, 0.3) is 0 Å². The lowest BCUT2D eigenvalue weighted by molar-refractivity contribution is 0.281. The van der Waals surface area contributed by atoms with Gasteiger partial charge in [0.15, 0.2) is 0 Å². The topological polar surface area (TPSA) is 66.4 Å². The molecule has 0 aromatic heterocycles. The fourth-order valence-corrected chi connectivity index (χ4v) is 3.81. The van der Waals surface area contributed by atoms with Crippen molar-refractivity contribution in [3.05, 3.63) is 28.8 Å². The first-order valence-corrected chi connectivity index (χ1v) is 8.53. The quantitative estimate of drug-likeness (QED) is 0.813. The highest BCUT2D eigenvalue weighted by molar-refractivity contribution is 7.89. The molecular weight excluding hydrogens is 274 g/mol. The van der Waals surface area contributed by atoms with Gasteiger partial charge in [0.2, 0.25) is 10.0 Å². The van der Waals surface area contributed by atoms with Gasteiger partial charge in [0.1, 0.15) is 0 Å². The average molecular weight is 299 g/mol. The molecule has 4 nitrogen and oxygen atoms in total. The highest BCUT2D eigenvalue weighted by Crippen LogP contribution is 2.21. The summed E-state index contributed by atoms with van der Waals surface area (Å²) in [4.78, 5) is 0.268. The van der Waals surface area contributed by atoms with E-state index in [1.807, 2.05) is 19.9 Å². The molecule has 1 aromatic rings. The number of sulfonamides is 1. The Bertz CT molecular complexity index is 552. The largest absolute Gasteiger partial charge is 0.392 e. The molecule has 5 heteroatoms. The molecule has 0 bridgehead atoms.